The van der Waals surface area contributed by atoms with Crippen LogP contribution in [0.25, 0.3) is 0 Å². The van der Waals surface area contributed by atoms with Crippen molar-refractivity contribution in [3.05, 3.63) is 41.0 Å². The fourth-order valence-electron chi connectivity index (χ4n) is 2.86. The molecule has 0 amide bonds. The Morgan fingerprint density at radius 3 is 2.48 bits per heavy atom. The van der Waals surface area contributed by atoms with Crippen LogP contribution in [0.4, 0.5) is 30.6 Å². The van der Waals surface area contributed by atoms with Gasteiger partial charge in [-0.3, -0.25) is 0 Å². The molecule has 1 fully saturated rings. The van der Waals surface area contributed by atoms with E-state index in [-0.39, 0.29) is 17.8 Å². The van der Waals surface area contributed by atoms with E-state index < -0.39 is 11.9 Å². The lowest BCUT2D eigenvalue weighted by Crippen LogP contribution is -2.24. The molecule has 3 rings (SSSR count). The van der Waals surface area contributed by atoms with E-state index >= 15 is 0 Å². The summed E-state index contributed by atoms with van der Waals surface area (Å²) in [5.74, 6) is 0.0640. The molecular weight excluding hydrogens is 353 g/mol. The van der Waals surface area contributed by atoms with Gasteiger partial charge in [0.1, 0.15) is 5.82 Å². The van der Waals surface area contributed by atoms with Gasteiger partial charge in [0.25, 0.3) is 0 Å². The van der Waals surface area contributed by atoms with Crippen molar-refractivity contribution in [2.24, 2.45) is 0 Å². The summed E-state index contributed by atoms with van der Waals surface area (Å²) in [6, 6.07) is 7.71. The summed E-state index contributed by atoms with van der Waals surface area (Å²) in [6.45, 7) is 0. The van der Waals surface area contributed by atoms with E-state index in [1.165, 1.54) is 0 Å². The minimum atomic E-state index is -4.54. The second-order valence-electron chi connectivity index (χ2n) is 6.07. The molecule has 1 aliphatic rings. The van der Waals surface area contributed by atoms with Gasteiger partial charge in [-0.25, -0.2) is 4.98 Å². The lowest BCUT2D eigenvalue weighted by Gasteiger charge is -2.23. The molecule has 0 unspecified atom stereocenters. The van der Waals surface area contributed by atoms with Gasteiger partial charge in [0.15, 0.2) is 5.69 Å². The highest BCUT2D eigenvalue weighted by atomic mass is 35.5. The molecule has 134 valence electrons. The van der Waals surface area contributed by atoms with Gasteiger partial charge in [0.2, 0.25) is 5.95 Å². The molecule has 4 nitrogen and oxygen atoms in total. The van der Waals surface area contributed by atoms with Crippen LogP contribution >= 0.6 is 11.6 Å². The topological polar surface area (TPSA) is 49.8 Å². The van der Waals surface area contributed by atoms with Crippen molar-refractivity contribution in [1.29, 1.82) is 0 Å². The normalized spacial score (nSPS) is 15.8. The summed E-state index contributed by atoms with van der Waals surface area (Å²) in [5.41, 5.74) is -0.423. The van der Waals surface area contributed by atoms with E-state index in [1.807, 2.05) is 0 Å². The summed E-state index contributed by atoms with van der Waals surface area (Å²) in [7, 11) is 0. The molecule has 1 aromatic carbocycles. The summed E-state index contributed by atoms with van der Waals surface area (Å²) >= 11 is 5.91. The maximum Gasteiger partial charge on any atom is 0.433 e. The molecule has 1 aromatic heterocycles. The zero-order chi connectivity index (χ0) is 17.9. The second-order valence-corrected chi connectivity index (χ2v) is 6.51. The van der Waals surface area contributed by atoms with Crippen molar-refractivity contribution in [1.82, 2.24) is 9.97 Å². The average molecular weight is 371 g/mol. The van der Waals surface area contributed by atoms with Crippen molar-refractivity contribution in [2.75, 3.05) is 10.6 Å². The quantitative estimate of drug-likeness (QED) is 0.731. The summed E-state index contributed by atoms with van der Waals surface area (Å²) in [4.78, 5) is 7.83. The van der Waals surface area contributed by atoms with Crippen LogP contribution < -0.4 is 10.6 Å². The minimum absolute atomic E-state index is 0.00810. The van der Waals surface area contributed by atoms with Crippen LogP contribution in [0.1, 0.15) is 37.8 Å². The Balaban J connectivity index is 1.86. The van der Waals surface area contributed by atoms with Crippen molar-refractivity contribution in [3.8, 4) is 0 Å². The molecule has 2 aromatic rings. The third kappa shape index (κ3) is 4.98. The molecule has 0 spiro atoms. The first kappa shape index (κ1) is 17.8. The Bertz CT molecular complexity index is 730. The largest absolute Gasteiger partial charge is 0.433 e. The number of halogens is 4. The van der Waals surface area contributed by atoms with Crippen molar-refractivity contribution in [3.63, 3.8) is 0 Å². The predicted molar refractivity (Wildman–Crippen MR) is 92.3 cm³/mol. The first-order valence-electron chi connectivity index (χ1n) is 8.15. The Morgan fingerprint density at radius 2 is 1.80 bits per heavy atom. The van der Waals surface area contributed by atoms with E-state index in [1.54, 1.807) is 24.3 Å². The van der Waals surface area contributed by atoms with Gasteiger partial charge in [0, 0.05) is 22.8 Å². The molecule has 0 saturated heterocycles. The zero-order valence-electron chi connectivity index (χ0n) is 13.4. The molecule has 1 aliphatic carbocycles. The predicted octanol–water partition coefficient (Wildman–Crippen LogP) is 5.64. The molecule has 0 radical (unpaired) electrons. The number of aromatic nitrogens is 2. The van der Waals surface area contributed by atoms with Crippen LogP contribution in [-0.2, 0) is 6.18 Å². The molecule has 1 saturated carbocycles. The van der Waals surface area contributed by atoms with E-state index in [4.69, 9.17) is 11.6 Å². The first-order valence-corrected chi connectivity index (χ1v) is 8.53. The summed E-state index contributed by atoms with van der Waals surface area (Å²) in [6.07, 6.45) is 0.557. The van der Waals surface area contributed by atoms with Crippen LogP contribution in [0.15, 0.2) is 30.3 Å². The number of rotatable bonds is 4. The minimum Gasteiger partial charge on any atom is -0.351 e. The molecule has 1 heterocycles. The lowest BCUT2D eigenvalue weighted by atomic mass is 9.96. The molecule has 0 aliphatic heterocycles. The SMILES string of the molecule is FC(F)(F)c1cc(Nc2cccc(Cl)c2)nc(NC2CCCCC2)n1. The van der Waals surface area contributed by atoms with E-state index in [2.05, 4.69) is 20.6 Å². The van der Waals surface area contributed by atoms with Gasteiger partial charge in [-0.05, 0) is 31.0 Å². The maximum absolute atomic E-state index is 13.2. The number of hydrogen-bond acceptors (Lipinski definition) is 4. The van der Waals surface area contributed by atoms with Crippen LogP contribution in [0.2, 0.25) is 5.02 Å². The van der Waals surface area contributed by atoms with Crippen LogP contribution in [-0.4, -0.2) is 16.0 Å². The van der Waals surface area contributed by atoms with Gasteiger partial charge in [-0.15, -0.1) is 0 Å². The van der Waals surface area contributed by atoms with Gasteiger partial charge >= 0.3 is 6.18 Å². The highest BCUT2D eigenvalue weighted by Gasteiger charge is 2.34. The third-order valence-corrected chi connectivity index (χ3v) is 4.29. The van der Waals surface area contributed by atoms with Gasteiger partial charge < -0.3 is 10.6 Å². The Hall–Kier alpha value is -2.02. The average Bonchev–Trinajstić information content (AvgIpc) is 2.55. The molecule has 0 bridgehead atoms. The van der Waals surface area contributed by atoms with Crippen molar-refractivity contribution < 1.29 is 13.2 Å². The number of alkyl halides is 3. The van der Waals surface area contributed by atoms with Crippen molar-refractivity contribution >= 4 is 29.1 Å². The maximum atomic E-state index is 13.2. The van der Waals surface area contributed by atoms with Crippen LogP contribution in [0.3, 0.4) is 0 Å². The monoisotopic (exact) mass is 370 g/mol. The van der Waals surface area contributed by atoms with Crippen LogP contribution in [0, 0.1) is 0 Å². The van der Waals surface area contributed by atoms with Gasteiger partial charge in [-0.1, -0.05) is 36.9 Å². The summed E-state index contributed by atoms with van der Waals surface area (Å²) in [5, 5.41) is 6.38. The number of nitrogens with one attached hydrogen (secondary N) is 2. The highest BCUT2D eigenvalue weighted by molar-refractivity contribution is 6.30. The summed E-state index contributed by atoms with van der Waals surface area (Å²) < 4.78 is 39.5. The van der Waals surface area contributed by atoms with E-state index in [0.717, 1.165) is 38.2 Å². The standard InChI is InChI=1S/C17H18ClF3N4/c18-11-5-4-8-13(9-11)22-15-10-14(17(19,20)21)24-16(25-15)23-12-6-2-1-3-7-12/h4-5,8-10,12H,1-3,6-7H2,(H2,22,23,24,25). The smallest absolute Gasteiger partial charge is 0.351 e. The lowest BCUT2D eigenvalue weighted by molar-refractivity contribution is -0.141. The Labute approximate surface area is 148 Å². The van der Waals surface area contributed by atoms with Crippen molar-refractivity contribution in [2.45, 2.75) is 44.3 Å². The second kappa shape index (κ2) is 7.47. The van der Waals surface area contributed by atoms with Gasteiger partial charge in [0.05, 0.1) is 0 Å². The molecule has 2 N–H and O–H groups in total. The fraction of sp³-hybridized carbons (Fsp3) is 0.412. The molecule has 8 heteroatoms. The van der Waals surface area contributed by atoms with E-state index in [0.29, 0.717) is 10.7 Å². The third-order valence-electron chi connectivity index (χ3n) is 4.05. The number of hydrogen-bond donors (Lipinski definition) is 2. The van der Waals surface area contributed by atoms with Crippen LogP contribution in [0.5, 0.6) is 0 Å². The molecular formula is C17H18ClF3N4. The first-order chi connectivity index (χ1) is 11.9. The number of benzene rings is 1. The van der Waals surface area contributed by atoms with Gasteiger partial charge in [-0.2, -0.15) is 18.2 Å². The number of anilines is 3. The zero-order valence-corrected chi connectivity index (χ0v) is 14.2. The Kier molecular flexibility index (Phi) is 5.32. The van der Waals surface area contributed by atoms with E-state index in [9.17, 15) is 13.2 Å². The molecule has 0 atom stereocenters. The Morgan fingerprint density at radius 1 is 1.04 bits per heavy atom. The highest BCUT2D eigenvalue weighted by Crippen LogP contribution is 2.31. The molecule has 25 heavy (non-hydrogen) atoms. The number of nitrogens with zero attached hydrogens (tertiary/aromatic N) is 2. The fourth-order valence-corrected chi connectivity index (χ4v) is 3.05.